The van der Waals surface area contributed by atoms with Gasteiger partial charge in [0.1, 0.15) is 0 Å². The number of nitrogens with zero attached hydrogens (tertiary/aromatic N) is 2. The Hall–Kier alpha value is -2.36. The first-order valence-electron chi connectivity index (χ1n) is 5.74. The summed E-state index contributed by atoms with van der Waals surface area (Å²) >= 11 is 0. The molecule has 0 N–H and O–H groups in total. The highest BCUT2D eigenvalue weighted by atomic mass is 16.4. The Labute approximate surface area is 104 Å². The lowest BCUT2D eigenvalue weighted by Gasteiger charge is -2.05. The third-order valence-corrected chi connectivity index (χ3v) is 3.01. The zero-order chi connectivity index (χ0) is 12.5. The molecule has 1 aromatic carbocycles. The summed E-state index contributed by atoms with van der Waals surface area (Å²) in [6, 6.07) is 11.5. The van der Waals surface area contributed by atoms with E-state index in [1.54, 1.807) is 22.9 Å². The number of pyridine rings is 1. The van der Waals surface area contributed by atoms with E-state index in [-0.39, 0.29) is 5.76 Å². The highest BCUT2D eigenvalue weighted by molar-refractivity contribution is 5.67. The molecule has 4 heteroatoms. The van der Waals surface area contributed by atoms with Crippen molar-refractivity contribution in [1.82, 2.24) is 9.55 Å². The van der Waals surface area contributed by atoms with Crippen molar-refractivity contribution in [3.63, 3.8) is 0 Å². The van der Waals surface area contributed by atoms with Gasteiger partial charge in [0.05, 0.1) is 6.54 Å². The van der Waals surface area contributed by atoms with E-state index in [0.717, 1.165) is 11.1 Å². The maximum atomic E-state index is 11.8. The molecular formula is C14H12N2O2. The van der Waals surface area contributed by atoms with Crippen LogP contribution in [-0.4, -0.2) is 9.55 Å². The van der Waals surface area contributed by atoms with E-state index < -0.39 is 0 Å². The molecule has 0 unspecified atom stereocenters. The van der Waals surface area contributed by atoms with Crippen molar-refractivity contribution in [1.29, 1.82) is 0 Å². The minimum atomic E-state index is -0.369. The predicted molar refractivity (Wildman–Crippen MR) is 68.6 cm³/mol. The maximum Gasteiger partial charge on any atom is 0.421 e. The van der Waals surface area contributed by atoms with Crippen LogP contribution in [0.15, 0.2) is 51.8 Å². The van der Waals surface area contributed by atoms with Gasteiger partial charge in [-0.15, -0.1) is 0 Å². The molecule has 0 aliphatic rings. The summed E-state index contributed by atoms with van der Waals surface area (Å²) in [7, 11) is 0. The number of hydrogen-bond acceptors (Lipinski definition) is 3. The minimum Gasteiger partial charge on any atom is -0.406 e. The Kier molecular flexibility index (Phi) is 2.48. The normalized spacial score (nSPS) is 10.9. The molecule has 4 nitrogen and oxygen atoms in total. The van der Waals surface area contributed by atoms with E-state index in [4.69, 9.17) is 4.42 Å². The minimum absolute atomic E-state index is 0.369. The molecule has 0 amide bonds. The van der Waals surface area contributed by atoms with Crippen molar-refractivity contribution < 1.29 is 4.42 Å². The van der Waals surface area contributed by atoms with E-state index >= 15 is 0 Å². The Balaban J connectivity index is 2.13. The zero-order valence-electron chi connectivity index (χ0n) is 9.96. The molecule has 0 aliphatic heterocycles. The smallest absolute Gasteiger partial charge is 0.406 e. The Morgan fingerprint density at radius 2 is 2.06 bits per heavy atom. The first kappa shape index (κ1) is 10.8. The lowest BCUT2D eigenvalue weighted by atomic mass is 10.1. The summed E-state index contributed by atoms with van der Waals surface area (Å²) in [4.78, 5) is 16.0. The van der Waals surface area contributed by atoms with E-state index in [0.29, 0.717) is 17.8 Å². The average Bonchev–Trinajstić information content (AvgIpc) is 2.69. The summed E-state index contributed by atoms with van der Waals surface area (Å²) in [5.74, 6) is -0.369. The van der Waals surface area contributed by atoms with Gasteiger partial charge in [0.25, 0.3) is 0 Å². The molecule has 0 saturated carbocycles. The van der Waals surface area contributed by atoms with Crippen molar-refractivity contribution in [2.45, 2.75) is 13.5 Å². The molecule has 0 saturated heterocycles. The average molecular weight is 240 g/mol. The van der Waals surface area contributed by atoms with Crippen molar-refractivity contribution in [2.75, 3.05) is 0 Å². The number of aryl methyl sites for hydroxylation is 1. The lowest BCUT2D eigenvalue weighted by Crippen LogP contribution is -2.15. The number of rotatable bonds is 2. The Morgan fingerprint density at radius 1 is 1.22 bits per heavy atom. The molecule has 0 atom stereocenters. The fourth-order valence-electron chi connectivity index (χ4n) is 2.00. The van der Waals surface area contributed by atoms with Crippen LogP contribution in [0.4, 0.5) is 0 Å². The monoisotopic (exact) mass is 240 g/mol. The number of fused-ring (bicyclic) bond motifs is 1. The van der Waals surface area contributed by atoms with Crippen LogP contribution in [0.3, 0.4) is 0 Å². The largest absolute Gasteiger partial charge is 0.421 e. The maximum absolute atomic E-state index is 11.8. The number of oxazole rings is 1. The van der Waals surface area contributed by atoms with Crippen LogP contribution in [0.1, 0.15) is 11.1 Å². The van der Waals surface area contributed by atoms with Crippen molar-refractivity contribution in [2.24, 2.45) is 0 Å². The first-order valence-corrected chi connectivity index (χ1v) is 5.74. The van der Waals surface area contributed by atoms with Gasteiger partial charge in [0.2, 0.25) is 0 Å². The molecule has 3 aromatic rings. The first-order chi connectivity index (χ1) is 8.75. The molecule has 3 rings (SSSR count). The molecule has 90 valence electrons. The third kappa shape index (κ3) is 1.72. The molecular weight excluding hydrogens is 228 g/mol. The standard InChI is InChI=1S/C14H12N2O2/c1-10-5-2-3-6-11(10)9-16-13-12(18-14(16)17)7-4-8-15-13/h2-8H,9H2,1H3. The van der Waals surface area contributed by atoms with Gasteiger partial charge in [-0.3, -0.25) is 4.57 Å². The number of aromatic nitrogens is 2. The molecule has 0 fully saturated rings. The van der Waals surface area contributed by atoms with Crippen LogP contribution in [0.25, 0.3) is 11.2 Å². The molecule has 0 spiro atoms. The third-order valence-electron chi connectivity index (χ3n) is 3.01. The van der Waals surface area contributed by atoms with Gasteiger partial charge >= 0.3 is 5.76 Å². The van der Waals surface area contributed by atoms with Gasteiger partial charge in [0, 0.05) is 6.20 Å². The summed E-state index contributed by atoms with van der Waals surface area (Å²) in [5, 5.41) is 0. The van der Waals surface area contributed by atoms with E-state index in [2.05, 4.69) is 4.98 Å². The topological polar surface area (TPSA) is 48.0 Å². The van der Waals surface area contributed by atoms with Crippen LogP contribution in [0, 0.1) is 6.92 Å². The highest BCUT2D eigenvalue weighted by Gasteiger charge is 2.10. The van der Waals surface area contributed by atoms with Crippen molar-refractivity contribution >= 4 is 11.2 Å². The second-order valence-electron chi connectivity index (χ2n) is 4.21. The van der Waals surface area contributed by atoms with E-state index in [9.17, 15) is 4.79 Å². The van der Waals surface area contributed by atoms with Crippen molar-refractivity contribution in [3.8, 4) is 0 Å². The predicted octanol–water partition coefficient (Wildman–Crippen LogP) is 2.35. The quantitative estimate of drug-likeness (QED) is 0.690. The zero-order valence-corrected chi connectivity index (χ0v) is 9.96. The summed E-state index contributed by atoms with van der Waals surface area (Å²) < 4.78 is 6.71. The van der Waals surface area contributed by atoms with Gasteiger partial charge in [-0.05, 0) is 30.2 Å². The van der Waals surface area contributed by atoms with Crippen LogP contribution in [-0.2, 0) is 6.54 Å². The summed E-state index contributed by atoms with van der Waals surface area (Å²) in [5.41, 5.74) is 3.35. The molecule has 2 aromatic heterocycles. The van der Waals surface area contributed by atoms with E-state index in [1.165, 1.54) is 0 Å². The number of hydrogen-bond donors (Lipinski definition) is 0. The van der Waals surface area contributed by atoms with Crippen molar-refractivity contribution in [3.05, 3.63) is 64.3 Å². The highest BCUT2D eigenvalue weighted by Crippen LogP contribution is 2.13. The molecule has 2 heterocycles. The SMILES string of the molecule is Cc1ccccc1Cn1c(=O)oc2cccnc21. The molecule has 0 aliphatic carbocycles. The number of benzene rings is 1. The second-order valence-corrected chi connectivity index (χ2v) is 4.21. The summed E-state index contributed by atoms with van der Waals surface area (Å²) in [6.07, 6.45) is 1.66. The summed E-state index contributed by atoms with van der Waals surface area (Å²) in [6.45, 7) is 2.51. The van der Waals surface area contributed by atoms with Crippen LogP contribution < -0.4 is 5.76 Å². The van der Waals surface area contributed by atoms with Crippen LogP contribution in [0.5, 0.6) is 0 Å². The van der Waals surface area contributed by atoms with Gasteiger partial charge in [-0.25, -0.2) is 9.78 Å². The van der Waals surface area contributed by atoms with Crippen LogP contribution >= 0.6 is 0 Å². The fourth-order valence-corrected chi connectivity index (χ4v) is 2.00. The Bertz CT molecular complexity index is 756. The van der Waals surface area contributed by atoms with Gasteiger partial charge in [-0.1, -0.05) is 24.3 Å². The molecule has 18 heavy (non-hydrogen) atoms. The van der Waals surface area contributed by atoms with Crippen LogP contribution in [0.2, 0.25) is 0 Å². The molecule has 0 radical (unpaired) electrons. The van der Waals surface area contributed by atoms with Gasteiger partial charge in [-0.2, -0.15) is 0 Å². The van der Waals surface area contributed by atoms with Gasteiger partial charge < -0.3 is 4.42 Å². The Morgan fingerprint density at radius 3 is 2.89 bits per heavy atom. The lowest BCUT2D eigenvalue weighted by molar-refractivity contribution is 0.517. The molecule has 0 bridgehead atoms. The van der Waals surface area contributed by atoms with E-state index in [1.807, 2.05) is 31.2 Å². The fraction of sp³-hybridized carbons (Fsp3) is 0.143. The van der Waals surface area contributed by atoms with Gasteiger partial charge in [0.15, 0.2) is 11.2 Å². The second kappa shape index (κ2) is 4.14.